The van der Waals surface area contributed by atoms with Crippen LogP contribution in [0, 0.1) is 5.92 Å². The van der Waals surface area contributed by atoms with E-state index in [0.717, 1.165) is 12.0 Å². The normalized spacial score (nSPS) is 14.9. The average molecular weight is 142 g/mol. The molecule has 0 amide bonds. The Morgan fingerprint density at radius 1 is 1.70 bits per heavy atom. The molecule has 0 aromatic rings. The Bertz CT molecular complexity index is 147. The van der Waals surface area contributed by atoms with Crippen LogP contribution in [0.3, 0.4) is 0 Å². The molecule has 0 rings (SSSR count). The van der Waals surface area contributed by atoms with Crippen LogP contribution in [0.25, 0.3) is 0 Å². The minimum atomic E-state index is -0.741. The molecule has 2 heteroatoms. The molecule has 0 heterocycles. The third kappa shape index (κ3) is 2.21. The van der Waals surface area contributed by atoms with Crippen molar-refractivity contribution < 1.29 is 9.90 Å². The van der Waals surface area contributed by atoms with E-state index in [9.17, 15) is 4.79 Å². The predicted molar refractivity (Wildman–Crippen MR) is 40.8 cm³/mol. The zero-order valence-corrected chi connectivity index (χ0v) is 6.72. The van der Waals surface area contributed by atoms with E-state index in [0.29, 0.717) is 0 Å². The zero-order chi connectivity index (χ0) is 8.15. The van der Waals surface area contributed by atoms with Gasteiger partial charge in [0, 0.05) is 0 Å². The van der Waals surface area contributed by atoms with Crippen LogP contribution >= 0.6 is 0 Å². The SMILES string of the molecule is C/C=C(/CC)C(C)C(=O)O. The van der Waals surface area contributed by atoms with Gasteiger partial charge in [0.05, 0.1) is 5.92 Å². The number of allylic oxidation sites excluding steroid dienone is 1. The van der Waals surface area contributed by atoms with E-state index >= 15 is 0 Å². The number of rotatable bonds is 3. The molecule has 0 saturated carbocycles. The first-order chi connectivity index (χ1) is 4.63. The molecule has 0 aromatic heterocycles. The zero-order valence-electron chi connectivity index (χ0n) is 6.72. The third-order valence-corrected chi connectivity index (χ3v) is 1.71. The molecule has 0 radical (unpaired) electrons. The number of hydrogen-bond acceptors (Lipinski definition) is 1. The quantitative estimate of drug-likeness (QED) is 0.612. The van der Waals surface area contributed by atoms with Gasteiger partial charge in [-0.1, -0.05) is 18.6 Å². The van der Waals surface area contributed by atoms with E-state index in [1.165, 1.54) is 0 Å². The van der Waals surface area contributed by atoms with E-state index in [1.807, 2.05) is 19.9 Å². The largest absolute Gasteiger partial charge is 0.481 e. The molecule has 10 heavy (non-hydrogen) atoms. The van der Waals surface area contributed by atoms with Gasteiger partial charge in [-0.25, -0.2) is 0 Å². The lowest BCUT2D eigenvalue weighted by Gasteiger charge is -2.07. The van der Waals surface area contributed by atoms with Crippen molar-refractivity contribution in [3.8, 4) is 0 Å². The van der Waals surface area contributed by atoms with Crippen LogP contribution in [-0.2, 0) is 4.79 Å². The van der Waals surface area contributed by atoms with E-state index in [1.54, 1.807) is 6.92 Å². The lowest BCUT2D eigenvalue weighted by molar-refractivity contribution is -0.139. The maximum atomic E-state index is 10.4. The second-order valence-electron chi connectivity index (χ2n) is 2.28. The smallest absolute Gasteiger partial charge is 0.310 e. The highest BCUT2D eigenvalue weighted by atomic mass is 16.4. The first kappa shape index (κ1) is 9.21. The Hall–Kier alpha value is -0.790. The Balaban J connectivity index is 4.17. The van der Waals surface area contributed by atoms with Crippen molar-refractivity contribution in [3.05, 3.63) is 11.6 Å². The minimum absolute atomic E-state index is 0.324. The predicted octanol–water partition coefficient (Wildman–Crippen LogP) is 2.06. The fraction of sp³-hybridized carbons (Fsp3) is 0.625. The van der Waals surface area contributed by atoms with Gasteiger partial charge in [-0.15, -0.1) is 0 Å². The van der Waals surface area contributed by atoms with Crippen molar-refractivity contribution in [2.24, 2.45) is 5.92 Å². The maximum Gasteiger partial charge on any atom is 0.310 e. The van der Waals surface area contributed by atoms with Crippen LogP contribution in [0.1, 0.15) is 27.2 Å². The Kier molecular flexibility index (Phi) is 3.77. The monoisotopic (exact) mass is 142 g/mol. The van der Waals surface area contributed by atoms with Gasteiger partial charge in [0.15, 0.2) is 0 Å². The first-order valence-corrected chi connectivity index (χ1v) is 3.51. The van der Waals surface area contributed by atoms with Gasteiger partial charge in [-0.3, -0.25) is 4.79 Å². The summed E-state index contributed by atoms with van der Waals surface area (Å²) in [6, 6.07) is 0. The Morgan fingerprint density at radius 3 is 2.30 bits per heavy atom. The van der Waals surface area contributed by atoms with Crippen LogP contribution in [-0.4, -0.2) is 11.1 Å². The van der Waals surface area contributed by atoms with E-state index < -0.39 is 5.97 Å². The fourth-order valence-electron chi connectivity index (χ4n) is 0.919. The molecule has 2 nitrogen and oxygen atoms in total. The van der Waals surface area contributed by atoms with Gasteiger partial charge >= 0.3 is 5.97 Å². The number of carbonyl (C=O) groups is 1. The molecule has 0 spiro atoms. The molecule has 1 unspecified atom stereocenters. The number of hydrogen-bond donors (Lipinski definition) is 1. The summed E-state index contributed by atoms with van der Waals surface area (Å²) < 4.78 is 0. The molecule has 0 bridgehead atoms. The second-order valence-corrected chi connectivity index (χ2v) is 2.28. The van der Waals surface area contributed by atoms with Crippen LogP contribution in [0.4, 0.5) is 0 Å². The molecule has 0 aromatic carbocycles. The summed E-state index contributed by atoms with van der Waals surface area (Å²) in [6.45, 7) is 5.55. The molecule has 0 aliphatic rings. The van der Waals surface area contributed by atoms with Crippen molar-refractivity contribution in [3.63, 3.8) is 0 Å². The summed E-state index contributed by atoms with van der Waals surface area (Å²) in [5, 5.41) is 8.57. The fourth-order valence-corrected chi connectivity index (χ4v) is 0.919. The number of carboxylic acids is 1. The standard InChI is InChI=1S/C8H14O2/c1-4-7(5-2)6(3)8(9)10/h4,6H,5H2,1-3H3,(H,9,10)/b7-4-. The van der Waals surface area contributed by atoms with Crippen molar-refractivity contribution in [2.45, 2.75) is 27.2 Å². The van der Waals surface area contributed by atoms with Gasteiger partial charge in [0.25, 0.3) is 0 Å². The average Bonchev–Trinajstić information content (AvgIpc) is 1.90. The van der Waals surface area contributed by atoms with Gasteiger partial charge in [-0.2, -0.15) is 0 Å². The highest BCUT2D eigenvalue weighted by molar-refractivity contribution is 5.72. The molecule has 0 aliphatic carbocycles. The van der Waals surface area contributed by atoms with E-state index in [4.69, 9.17) is 5.11 Å². The molecular weight excluding hydrogens is 128 g/mol. The number of carboxylic acid groups (broad SMARTS) is 1. The Morgan fingerprint density at radius 2 is 2.20 bits per heavy atom. The van der Waals surface area contributed by atoms with Crippen LogP contribution in [0.5, 0.6) is 0 Å². The molecule has 58 valence electrons. The topological polar surface area (TPSA) is 37.3 Å². The summed E-state index contributed by atoms with van der Waals surface area (Å²) in [6.07, 6.45) is 2.70. The van der Waals surface area contributed by atoms with Crippen molar-refractivity contribution in [2.75, 3.05) is 0 Å². The number of aliphatic carboxylic acids is 1. The van der Waals surface area contributed by atoms with Gasteiger partial charge in [0.1, 0.15) is 0 Å². The van der Waals surface area contributed by atoms with Crippen molar-refractivity contribution >= 4 is 5.97 Å². The van der Waals surface area contributed by atoms with Crippen molar-refractivity contribution in [1.82, 2.24) is 0 Å². The maximum absolute atomic E-state index is 10.4. The van der Waals surface area contributed by atoms with Crippen molar-refractivity contribution in [1.29, 1.82) is 0 Å². The summed E-state index contributed by atoms with van der Waals surface area (Å²) in [5.74, 6) is -1.06. The van der Waals surface area contributed by atoms with Crippen LogP contribution < -0.4 is 0 Å². The lowest BCUT2D eigenvalue weighted by Crippen LogP contribution is -2.11. The minimum Gasteiger partial charge on any atom is -0.481 e. The lowest BCUT2D eigenvalue weighted by atomic mass is 9.99. The van der Waals surface area contributed by atoms with Gasteiger partial charge in [-0.05, 0) is 20.3 Å². The summed E-state index contributed by atoms with van der Waals surface area (Å²) in [5.41, 5.74) is 0.993. The summed E-state index contributed by atoms with van der Waals surface area (Å²) in [4.78, 5) is 10.4. The molecule has 0 aliphatic heterocycles. The van der Waals surface area contributed by atoms with E-state index in [-0.39, 0.29) is 5.92 Å². The molecular formula is C8H14O2. The molecule has 1 atom stereocenters. The Labute approximate surface area is 61.6 Å². The molecule has 0 saturated heterocycles. The molecule has 0 fully saturated rings. The van der Waals surface area contributed by atoms with E-state index in [2.05, 4.69) is 0 Å². The second kappa shape index (κ2) is 4.09. The highest BCUT2D eigenvalue weighted by Gasteiger charge is 2.13. The third-order valence-electron chi connectivity index (χ3n) is 1.71. The first-order valence-electron chi connectivity index (χ1n) is 3.51. The summed E-state index contributed by atoms with van der Waals surface area (Å²) in [7, 11) is 0. The molecule has 1 N–H and O–H groups in total. The van der Waals surface area contributed by atoms with Gasteiger partial charge < -0.3 is 5.11 Å². The summed E-state index contributed by atoms with van der Waals surface area (Å²) >= 11 is 0. The van der Waals surface area contributed by atoms with Crippen LogP contribution in [0.2, 0.25) is 0 Å². The highest BCUT2D eigenvalue weighted by Crippen LogP contribution is 2.13. The van der Waals surface area contributed by atoms with Gasteiger partial charge in [0.2, 0.25) is 0 Å². The van der Waals surface area contributed by atoms with Crippen LogP contribution in [0.15, 0.2) is 11.6 Å².